The van der Waals surface area contributed by atoms with Crippen LogP contribution in [-0.4, -0.2) is 4.98 Å². The molecule has 0 unspecified atom stereocenters. The third kappa shape index (κ3) is 1.76. The number of pyridine rings is 1. The third-order valence-corrected chi connectivity index (χ3v) is 1.59. The molecule has 2 N–H and O–H groups in total. The Morgan fingerprint density at radius 3 is 2.50 bits per heavy atom. The van der Waals surface area contributed by atoms with Gasteiger partial charge in [0.25, 0.3) is 0 Å². The number of nitrogen functional groups attached to an aromatic ring is 1. The molecule has 0 spiro atoms. The zero-order valence-corrected chi connectivity index (χ0v) is 7.18. The standard InChI is InChI=1S/C8H6F3N3/c1-4-2-6(8(9,10)11)5(3-12)7(13)14-4/h2H,1H3,(H2,13,14). The molecule has 0 saturated heterocycles. The van der Waals surface area contributed by atoms with E-state index in [4.69, 9.17) is 11.0 Å². The molecule has 14 heavy (non-hydrogen) atoms. The Morgan fingerprint density at radius 1 is 1.50 bits per heavy atom. The van der Waals surface area contributed by atoms with Crippen LogP contribution >= 0.6 is 0 Å². The van der Waals surface area contributed by atoms with Crippen molar-refractivity contribution in [3.8, 4) is 6.07 Å². The summed E-state index contributed by atoms with van der Waals surface area (Å²) in [7, 11) is 0. The Labute approximate surface area is 78.0 Å². The number of nitrogens with two attached hydrogens (primary N) is 1. The van der Waals surface area contributed by atoms with Crippen LogP contribution in [0.15, 0.2) is 6.07 Å². The highest BCUT2D eigenvalue weighted by Gasteiger charge is 2.35. The Bertz CT molecular complexity index is 404. The van der Waals surface area contributed by atoms with Crippen LogP contribution in [0.4, 0.5) is 19.0 Å². The lowest BCUT2D eigenvalue weighted by Crippen LogP contribution is -2.11. The van der Waals surface area contributed by atoms with Gasteiger partial charge in [0.2, 0.25) is 0 Å². The zero-order chi connectivity index (χ0) is 10.9. The minimum absolute atomic E-state index is 0.133. The van der Waals surface area contributed by atoms with Gasteiger partial charge in [0.15, 0.2) is 0 Å². The fourth-order valence-electron chi connectivity index (χ4n) is 1.04. The fourth-order valence-corrected chi connectivity index (χ4v) is 1.04. The van der Waals surface area contributed by atoms with E-state index >= 15 is 0 Å². The van der Waals surface area contributed by atoms with Gasteiger partial charge in [-0.2, -0.15) is 18.4 Å². The molecule has 0 bridgehead atoms. The van der Waals surface area contributed by atoms with Crippen LogP contribution < -0.4 is 5.73 Å². The van der Waals surface area contributed by atoms with Crippen LogP contribution in [0.1, 0.15) is 16.8 Å². The molecule has 0 aliphatic heterocycles. The maximum Gasteiger partial charge on any atom is 0.417 e. The normalized spacial score (nSPS) is 11.1. The number of aromatic nitrogens is 1. The Balaban J connectivity index is 3.50. The van der Waals surface area contributed by atoms with Crippen molar-refractivity contribution >= 4 is 5.82 Å². The van der Waals surface area contributed by atoms with Gasteiger partial charge in [-0.15, -0.1) is 0 Å². The molecule has 0 radical (unpaired) electrons. The Morgan fingerprint density at radius 2 is 2.07 bits per heavy atom. The fraction of sp³-hybridized carbons (Fsp3) is 0.250. The molecule has 6 heteroatoms. The number of aryl methyl sites for hydroxylation is 1. The third-order valence-electron chi connectivity index (χ3n) is 1.59. The number of anilines is 1. The second kappa shape index (κ2) is 3.18. The van der Waals surface area contributed by atoms with Gasteiger partial charge < -0.3 is 5.73 Å². The Kier molecular flexibility index (Phi) is 2.34. The zero-order valence-electron chi connectivity index (χ0n) is 7.18. The van der Waals surface area contributed by atoms with Crippen LogP contribution in [0, 0.1) is 18.3 Å². The average Bonchev–Trinajstić information content (AvgIpc) is 2.01. The molecular formula is C8H6F3N3. The molecule has 0 amide bonds. The average molecular weight is 201 g/mol. The molecule has 0 atom stereocenters. The molecule has 1 aromatic heterocycles. The van der Waals surface area contributed by atoms with Gasteiger partial charge >= 0.3 is 6.18 Å². The molecule has 0 aliphatic rings. The van der Waals surface area contributed by atoms with Crippen LogP contribution in [0.2, 0.25) is 0 Å². The molecule has 74 valence electrons. The van der Waals surface area contributed by atoms with E-state index in [1.807, 2.05) is 0 Å². The van der Waals surface area contributed by atoms with Crippen LogP contribution in [-0.2, 0) is 6.18 Å². The molecular weight excluding hydrogens is 195 g/mol. The van der Waals surface area contributed by atoms with Crippen LogP contribution in [0.25, 0.3) is 0 Å². The highest BCUT2D eigenvalue weighted by atomic mass is 19.4. The molecule has 0 aliphatic carbocycles. The van der Waals surface area contributed by atoms with Crippen molar-refractivity contribution < 1.29 is 13.2 Å². The summed E-state index contributed by atoms with van der Waals surface area (Å²) in [4.78, 5) is 3.57. The van der Waals surface area contributed by atoms with Crippen molar-refractivity contribution in [3.63, 3.8) is 0 Å². The molecule has 0 fully saturated rings. The largest absolute Gasteiger partial charge is 0.417 e. The number of hydrogen-bond donors (Lipinski definition) is 1. The van der Waals surface area contributed by atoms with E-state index in [1.165, 1.54) is 13.0 Å². The van der Waals surface area contributed by atoms with Gasteiger partial charge in [0, 0.05) is 5.69 Å². The highest BCUT2D eigenvalue weighted by molar-refractivity contribution is 5.54. The molecule has 1 rings (SSSR count). The predicted octanol–water partition coefficient (Wildman–Crippen LogP) is 1.86. The lowest BCUT2D eigenvalue weighted by Gasteiger charge is -2.10. The Hall–Kier alpha value is -1.77. The van der Waals surface area contributed by atoms with Crippen molar-refractivity contribution in [1.82, 2.24) is 4.98 Å². The minimum Gasteiger partial charge on any atom is -0.383 e. The lowest BCUT2D eigenvalue weighted by atomic mass is 10.1. The molecule has 1 heterocycles. The first-order valence-corrected chi connectivity index (χ1v) is 3.60. The number of rotatable bonds is 0. The second-order valence-electron chi connectivity index (χ2n) is 2.68. The van der Waals surface area contributed by atoms with Crippen molar-refractivity contribution in [2.75, 3.05) is 5.73 Å². The first-order valence-electron chi connectivity index (χ1n) is 3.60. The van der Waals surface area contributed by atoms with Crippen molar-refractivity contribution in [3.05, 3.63) is 22.9 Å². The van der Waals surface area contributed by atoms with E-state index in [-0.39, 0.29) is 11.5 Å². The van der Waals surface area contributed by atoms with E-state index in [1.54, 1.807) is 0 Å². The minimum atomic E-state index is -4.58. The summed E-state index contributed by atoms with van der Waals surface area (Å²) in [5.41, 5.74) is 3.67. The topological polar surface area (TPSA) is 62.7 Å². The summed E-state index contributed by atoms with van der Waals surface area (Å²) in [5.74, 6) is -0.389. The highest BCUT2D eigenvalue weighted by Crippen LogP contribution is 2.33. The lowest BCUT2D eigenvalue weighted by molar-refractivity contribution is -0.137. The molecule has 0 saturated carbocycles. The predicted molar refractivity (Wildman–Crippen MR) is 43.1 cm³/mol. The summed E-state index contributed by atoms with van der Waals surface area (Å²) < 4.78 is 37.1. The number of nitrogens with zero attached hydrogens (tertiary/aromatic N) is 2. The van der Waals surface area contributed by atoms with Gasteiger partial charge in [-0.05, 0) is 13.0 Å². The maximum atomic E-state index is 12.4. The van der Waals surface area contributed by atoms with Gasteiger partial charge in [0.05, 0.1) is 5.56 Å². The van der Waals surface area contributed by atoms with Crippen LogP contribution in [0.3, 0.4) is 0 Å². The summed E-state index contributed by atoms with van der Waals surface area (Å²) in [6.45, 7) is 1.38. The van der Waals surface area contributed by atoms with Gasteiger partial charge in [-0.25, -0.2) is 4.98 Å². The summed E-state index contributed by atoms with van der Waals surface area (Å²) in [5, 5.41) is 8.48. The first kappa shape index (κ1) is 10.3. The van der Waals surface area contributed by atoms with Gasteiger partial charge in [-0.3, -0.25) is 0 Å². The quantitative estimate of drug-likeness (QED) is 0.696. The van der Waals surface area contributed by atoms with Crippen molar-refractivity contribution in [2.24, 2.45) is 0 Å². The monoisotopic (exact) mass is 201 g/mol. The van der Waals surface area contributed by atoms with E-state index in [9.17, 15) is 13.2 Å². The van der Waals surface area contributed by atoms with E-state index in [2.05, 4.69) is 4.98 Å². The number of nitriles is 1. The summed E-state index contributed by atoms with van der Waals surface area (Å²) >= 11 is 0. The van der Waals surface area contributed by atoms with E-state index in [0.29, 0.717) is 0 Å². The summed E-state index contributed by atoms with van der Waals surface area (Å²) in [6.07, 6.45) is -4.58. The van der Waals surface area contributed by atoms with Gasteiger partial charge in [0.1, 0.15) is 17.5 Å². The van der Waals surface area contributed by atoms with E-state index < -0.39 is 17.3 Å². The number of halogens is 3. The number of alkyl halides is 3. The van der Waals surface area contributed by atoms with Crippen LogP contribution in [0.5, 0.6) is 0 Å². The SMILES string of the molecule is Cc1cc(C(F)(F)F)c(C#N)c(N)n1. The molecule has 0 aromatic carbocycles. The maximum absolute atomic E-state index is 12.4. The molecule has 3 nitrogen and oxygen atoms in total. The van der Waals surface area contributed by atoms with Crippen molar-refractivity contribution in [1.29, 1.82) is 5.26 Å². The second-order valence-corrected chi connectivity index (χ2v) is 2.68. The van der Waals surface area contributed by atoms with Gasteiger partial charge in [-0.1, -0.05) is 0 Å². The molecule has 1 aromatic rings. The number of hydrogen-bond acceptors (Lipinski definition) is 3. The van der Waals surface area contributed by atoms with E-state index in [0.717, 1.165) is 6.07 Å². The first-order chi connectivity index (χ1) is 6.36. The summed E-state index contributed by atoms with van der Waals surface area (Å²) in [6, 6.07) is 2.19. The smallest absolute Gasteiger partial charge is 0.383 e. The van der Waals surface area contributed by atoms with Crippen molar-refractivity contribution in [2.45, 2.75) is 13.1 Å².